The van der Waals surface area contributed by atoms with Crippen LogP contribution in [0.1, 0.15) is 16.8 Å². The smallest absolute Gasteiger partial charge is 0.278 e. The summed E-state index contributed by atoms with van der Waals surface area (Å²) in [4.78, 5) is 23.7. The van der Waals surface area contributed by atoms with Gasteiger partial charge in [-0.1, -0.05) is 42.0 Å². The van der Waals surface area contributed by atoms with E-state index in [4.69, 9.17) is 4.98 Å². The predicted octanol–water partition coefficient (Wildman–Crippen LogP) is 5.00. The Kier molecular flexibility index (Phi) is 5.42. The van der Waals surface area contributed by atoms with Crippen molar-refractivity contribution in [3.05, 3.63) is 106 Å². The van der Waals surface area contributed by atoms with Crippen molar-refractivity contribution in [1.29, 1.82) is 0 Å². The van der Waals surface area contributed by atoms with Gasteiger partial charge >= 0.3 is 0 Å². The molecule has 0 saturated carbocycles. The van der Waals surface area contributed by atoms with E-state index in [0.717, 1.165) is 33.8 Å². The monoisotopic (exact) mass is 450 g/mol. The molecule has 0 amide bonds. The number of rotatable bonds is 5. The van der Waals surface area contributed by atoms with Crippen molar-refractivity contribution in [1.82, 2.24) is 14.5 Å². The van der Waals surface area contributed by atoms with Crippen LogP contribution in [0.2, 0.25) is 0 Å². The number of imidazole rings is 1. The summed E-state index contributed by atoms with van der Waals surface area (Å²) >= 11 is 0. The van der Waals surface area contributed by atoms with Crippen molar-refractivity contribution in [3.8, 4) is 34.1 Å². The largest absolute Gasteiger partial charge is 0.508 e. The molecular formula is C28H26N4O2. The third-order valence-corrected chi connectivity index (χ3v) is 6.02. The highest BCUT2D eigenvalue weighted by Crippen LogP contribution is 2.30. The van der Waals surface area contributed by atoms with E-state index in [9.17, 15) is 9.90 Å². The fourth-order valence-corrected chi connectivity index (χ4v) is 4.04. The van der Waals surface area contributed by atoms with E-state index >= 15 is 0 Å². The molecule has 0 aliphatic carbocycles. The Morgan fingerprint density at radius 1 is 0.912 bits per heavy atom. The van der Waals surface area contributed by atoms with Crippen LogP contribution >= 0.6 is 0 Å². The zero-order chi connectivity index (χ0) is 23.8. The Morgan fingerprint density at radius 3 is 2.21 bits per heavy atom. The molecule has 0 saturated heterocycles. The van der Waals surface area contributed by atoms with Gasteiger partial charge in [0.15, 0.2) is 5.82 Å². The van der Waals surface area contributed by atoms with Crippen LogP contribution in [-0.4, -0.2) is 33.7 Å². The number of benzene rings is 3. The highest BCUT2D eigenvalue weighted by atomic mass is 16.3. The molecule has 0 aromatic heterocycles. The summed E-state index contributed by atoms with van der Waals surface area (Å²) in [5.74, 6) is 0.782. The van der Waals surface area contributed by atoms with E-state index in [-0.39, 0.29) is 11.3 Å². The Labute approximate surface area is 198 Å². The molecule has 3 aromatic carbocycles. The minimum Gasteiger partial charge on any atom is -0.508 e. The number of H-pyrrole nitrogens is 1. The molecule has 2 heterocycles. The van der Waals surface area contributed by atoms with E-state index in [1.54, 1.807) is 22.9 Å². The zero-order valence-electron chi connectivity index (χ0n) is 19.4. The summed E-state index contributed by atoms with van der Waals surface area (Å²) in [5, 5.41) is 9.70. The molecular weight excluding hydrogens is 424 g/mol. The van der Waals surface area contributed by atoms with Gasteiger partial charge in [0.1, 0.15) is 11.4 Å². The maximum Gasteiger partial charge on any atom is 0.278 e. The summed E-state index contributed by atoms with van der Waals surface area (Å²) in [6.45, 7) is 2.04. The van der Waals surface area contributed by atoms with Gasteiger partial charge in [-0.05, 0) is 54.4 Å². The molecule has 0 atom stereocenters. The highest BCUT2D eigenvalue weighted by Gasteiger charge is 2.21. The molecule has 0 spiro atoms. The van der Waals surface area contributed by atoms with E-state index < -0.39 is 0 Å². The van der Waals surface area contributed by atoms with Gasteiger partial charge in [-0.2, -0.15) is 0 Å². The molecule has 0 fully saturated rings. The average molecular weight is 451 g/mol. The summed E-state index contributed by atoms with van der Waals surface area (Å²) in [6, 6.07) is 23.2. The van der Waals surface area contributed by atoms with Crippen LogP contribution in [0.5, 0.6) is 5.75 Å². The standard InChI is InChI=1S/C28H26N4O2/c1-18-4-6-19(7-5-18)16-24-28(34)32-17-25(20-10-14-23(33)15-11-20)29-26(27(32)30-24)21-8-12-22(13-9-21)31(2)3/h4-15,17,29,33H,16H2,1-3H3. The maximum atomic E-state index is 13.4. The lowest BCUT2D eigenvalue weighted by Gasteiger charge is -2.15. The van der Waals surface area contributed by atoms with E-state index in [1.807, 2.05) is 86.6 Å². The fraction of sp³-hybridized carbons (Fsp3) is 0.143. The summed E-state index contributed by atoms with van der Waals surface area (Å²) in [6.07, 6.45) is 2.25. The molecule has 0 unspecified atom stereocenters. The Bertz CT molecular complexity index is 1460. The van der Waals surface area contributed by atoms with Crippen molar-refractivity contribution < 1.29 is 5.11 Å². The Hall–Kier alpha value is -4.32. The van der Waals surface area contributed by atoms with Gasteiger partial charge in [-0.15, -0.1) is 0 Å². The van der Waals surface area contributed by atoms with Gasteiger partial charge in [0.25, 0.3) is 5.56 Å². The van der Waals surface area contributed by atoms with Crippen molar-refractivity contribution in [2.24, 2.45) is 0 Å². The Morgan fingerprint density at radius 2 is 1.56 bits per heavy atom. The number of fused-ring (bicyclic) bond motifs is 1. The van der Waals surface area contributed by atoms with Crippen LogP contribution in [0.4, 0.5) is 5.69 Å². The third-order valence-electron chi connectivity index (χ3n) is 6.02. The molecule has 3 aromatic rings. The van der Waals surface area contributed by atoms with Crippen LogP contribution in [0.25, 0.3) is 28.3 Å². The number of hydrogen-bond donors (Lipinski definition) is 2. The van der Waals surface area contributed by atoms with E-state index in [2.05, 4.69) is 4.98 Å². The van der Waals surface area contributed by atoms with Crippen LogP contribution in [0.3, 0.4) is 0 Å². The lowest BCUT2D eigenvalue weighted by Crippen LogP contribution is -2.17. The van der Waals surface area contributed by atoms with Gasteiger partial charge in [0, 0.05) is 38.0 Å². The molecule has 5 rings (SSSR count). The number of aromatic hydroxyl groups is 1. The first kappa shape index (κ1) is 21.5. The molecule has 2 N–H and O–H groups in total. The summed E-state index contributed by atoms with van der Waals surface area (Å²) < 4.78 is 1.62. The second kappa shape index (κ2) is 8.56. The van der Waals surface area contributed by atoms with Gasteiger partial charge in [-0.3, -0.25) is 9.36 Å². The second-order valence-corrected chi connectivity index (χ2v) is 8.75. The molecule has 2 aliphatic heterocycles. The number of nitrogens with one attached hydrogen (secondary N) is 1. The SMILES string of the molecule is Cc1ccc(Cc2nc3c(-c4ccc(N(C)C)cc4)[nH]c(-c4ccc(O)cc4)cn-3c2=O)cc1. The van der Waals surface area contributed by atoms with Crippen molar-refractivity contribution in [2.75, 3.05) is 19.0 Å². The van der Waals surface area contributed by atoms with Gasteiger partial charge in [-0.25, -0.2) is 4.98 Å². The zero-order valence-corrected chi connectivity index (χ0v) is 19.4. The van der Waals surface area contributed by atoms with E-state index in [0.29, 0.717) is 17.9 Å². The van der Waals surface area contributed by atoms with Crippen molar-refractivity contribution in [3.63, 3.8) is 0 Å². The fourth-order valence-electron chi connectivity index (χ4n) is 4.04. The molecule has 34 heavy (non-hydrogen) atoms. The maximum absolute atomic E-state index is 13.4. The van der Waals surface area contributed by atoms with Crippen molar-refractivity contribution >= 4 is 5.69 Å². The minimum atomic E-state index is -0.129. The van der Waals surface area contributed by atoms with Crippen molar-refractivity contribution in [2.45, 2.75) is 13.3 Å². The second-order valence-electron chi connectivity index (χ2n) is 8.75. The first-order valence-electron chi connectivity index (χ1n) is 11.2. The molecule has 6 heteroatoms. The molecule has 170 valence electrons. The molecule has 0 bridgehead atoms. The lowest BCUT2D eigenvalue weighted by atomic mass is 10.1. The number of anilines is 1. The van der Waals surface area contributed by atoms with Crippen LogP contribution < -0.4 is 10.5 Å². The highest BCUT2D eigenvalue weighted by molar-refractivity contribution is 5.73. The number of aromatic amines is 1. The third kappa shape index (κ3) is 4.06. The normalized spacial score (nSPS) is 11.1. The quantitative estimate of drug-likeness (QED) is 0.395. The minimum absolute atomic E-state index is 0.129. The summed E-state index contributed by atoms with van der Waals surface area (Å²) in [5.41, 5.74) is 7.01. The summed E-state index contributed by atoms with van der Waals surface area (Å²) in [7, 11) is 4.00. The van der Waals surface area contributed by atoms with Crippen LogP contribution in [0, 0.1) is 6.92 Å². The first-order chi connectivity index (χ1) is 16.4. The number of phenols is 1. The number of nitrogens with zero attached hydrogens (tertiary/aromatic N) is 3. The average Bonchev–Trinajstić information content (AvgIpc) is 3.15. The number of phenolic OH excluding ortho intramolecular Hbond substituents is 1. The first-order valence-corrected chi connectivity index (χ1v) is 11.2. The molecule has 2 aliphatic rings. The number of hydrogen-bond acceptors (Lipinski definition) is 4. The predicted molar refractivity (Wildman–Crippen MR) is 136 cm³/mol. The van der Waals surface area contributed by atoms with Gasteiger partial charge < -0.3 is 15.0 Å². The lowest BCUT2D eigenvalue weighted by molar-refractivity contribution is 0.475. The Balaban J connectivity index is 1.68. The van der Waals surface area contributed by atoms with Crippen LogP contribution in [0.15, 0.2) is 83.8 Å². The van der Waals surface area contributed by atoms with Gasteiger partial charge in [0.05, 0.1) is 11.4 Å². The molecule has 6 nitrogen and oxygen atoms in total. The van der Waals surface area contributed by atoms with Gasteiger partial charge in [0.2, 0.25) is 0 Å². The van der Waals surface area contributed by atoms with Crippen LogP contribution in [-0.2, 0) is 6.42 Å². The molecule has 0 radical (unpaired) electrons. The van der Waals surface area contributed by atoms with E-state index in [1.165, 1.54) is 5.56 Å². The number of aromatic nitrogens is 3. The topological polar surface area (TPSA) is 74.2 Å². The number of aryl methyl sites for hydroxylation is 1.